The van der Waals surface area contributed by atoms with Gasteiger partial charge in [0, 0.05) is 18.7 Å². The van der Waals surface area contributed by atoms with Crippen LogP contribution in [0.15, 0.2) is 23.6 Å². The van der Waals surface area contributed by atoms with Gasteiger partial charge in [-0.1, -0.05) is 16.8 Å². The number of hydrogen-bond donors (Lipinski definition) is 2. The molecule has 1 rings (SSSR count). The number of oxime groups is 1. The first-order valence-electron chi connectivity index (χ1n) is 4.92. The van der Waals surface area contributed by atoms with E-state index in [2.05, 4.69) is 10.1 Å². The number of hydrogen-bond acceptors (Lipinski definition) is 4. The van der Waals surface area contributed by atoms with Gasteiger partial charge in [0.15, 0.2) is 0 Å². The van der Waals surface area contributed by atoms with Crippen LogP contribution in [0.1, 0.15) is 19.3 Å². The van der Waals surface area contributed by atoms with Crippen LogP contribution >= 0.6 is 11.6 Å². The smallest absolute Gasteiger partial charge is 0.139 e. The predicted octanol–water partition coefficient (Wildman–Crippen LogP) is 2.03. The average molecular weight is 244 g/mol. The van der Waals surface area contributed by atoms with Crippen LogP contribution in [0.4, 0.5) is 0 Å². The van der Waals surface area contributed by atoms with E-state index >= 15 is 0 Å². The molecule has 1 heterocycles. The second kappa shape index (κ2) is 6.90. The molecule has 0 bridgehead atoms. The first-order valence-corrected chi connectivity index (χ1v) is 5.30. The molecule has 0 aliphatic rings. The largest absolute Gasteiger partial charge is 0.492 e. The second-order valence-electron chi connectivity index (χ2n) is 3.24. The topological polar surface area (TPSA) is 80.7 Å². The lowest BCUT2D eigenvalue weighted by Gasteiger charge is -2.05. The fourth-order valence-corrected chi connectivity index (χ4v) is 1.28. The molecule has 0 amide bonds. The highest BCUT2D eigenvalue weighted by Gasteiger charge is 1.97. The monoisotopic (exact) mass is 243 g/mol. The molecule has 0 unspecified atom stereocenters. The Hall–Kier alpha value is -1.49. The Morgan fingerprint density at radius 1 is 1.50 bits per heavy atom. The third kappa shape index (κ3) is 4.84. The fourth-order valence-electron chi connectivity index (χ4n) is 1.12. The number of ether oxygens (including phenoxy) is 1. The fraction of sp³-hybridized carbons (Fsp3) is 0.400. The van der Waals surface area contributed by atoms with E-state index in [1.807, 2.05) is 0 Å². The summed E-state index contributed by atoms with van der Waals surface area (Å²) in [6.07, 6.45) is 5.35. The third-order valence-electron chi connectivity index (χ3n) is 1.90. The van der Waals surface area contributed by atoms with Crippen molar-refractivity contribution < 1.29 is 9.94 Å². The van der Waals surface area contributed by atoms with E-state index in [1.54, 1.807) is 18.5 Å². The van der Waals surface area contributed by atoms with E-state index in [4.69, 9.17) is 27.3 Å². The molecule has 0 aliphatic heterocycles. The van der Waals surface area contributed by atoms with Crippen LogP contribution in [-0.4, -0.2) is 22.6 Å². The van der Waals surface area contributed by atoms with Crippen molar-refractivity contribution in [1.29, 1.82) is 0 Å². The van der Waals surface area contributed by atoms with Crippen LogP contribution in [-0.2, 0) is 0 Å². The van der Waals surface area contributed by atoms with Crippen molar-refractivity contribution in [2.45, 2.75) is 19.3 Å². The molecule has 0 aliphatic carbocycles. The molecular formula is C10H14ClN3O2. The van der Waals surface area contributed by atoms with Crippen molar-refractivity contribution in [3.8, 4) is 5.75 Å². The summed E-state index contributed by atoms with van der Waals surface area (Å²) in [5, 5.41) is 11.7. The van der Waals surface area contributed by atoms with E-state index in [9.17, 15) is 0 Å². The number of rotatable bonds is 6. The number of nitrogens with two attached hydrogens (primary N) is 1. The van der Waals surface area contributed by atoms with Crippen LogP contribution in [0, 0.1) is 0 Å². The van der Waals surface area contributed by atoms with Gasteiger partial charge in [-0.2, -0.15) is 0 Å². The van der Waals surface area contributed by atoms with Gasteiger partial charge >= 0.3 is 0 Å². The highest BCUT2D eigenvalue weighted by Crippen LogP contribution is 2.15. The van der Waals surface area contributed by atoms with Gasteiger partial charge in [0.25, 0.3) is 0 Å². The Morgan fingerprint density at radius 2 is 2.31 bits per heavy atom. The minimum atomic E-state index is 0.240. The molecule has 0 spiro atoms. The normalized spacial score (nSPS) is 11.4. The first-order chi connectivity index (χ1) is 7.72. The molecule has 88 valence electrons. The Balaban J connectivity index is 2.16. The number of aromatic nitrogens is 1. The van der Waals surface area contributed by atoms with Crippen LogP contribution in [0.3, 0.4) is 0 Å². The molecule has 0 saturated heterocycles. The van der Waals surface area contributed by atoms with Crippen molar-refractivity contribution >= 4 is 17.4 Å². The summed E-state index contributed by atoms with van der Waals surface area (Å²) in [5.74, 6) is 0.890. The lowest BCUT2D eigenvalue weighted by molar-refractivity contribution is 0.304. The Morgan fingerprint density at radius 3 is 3.00 bits per heavy atom. The van der Waals surface area contributed by atoms with E-state index in [-0.39, 0.29) is 5.84 Å². The third-order valence-corrected chi connectivity index (χ3v) is 2.11. The number of amidine groups is 1. The molecule has 0 radical (unpaired) electrons. The summed E-state index contributed by atoms with van der Waals surface area (Å²) in [5.41, 5.74) is 5.32. The predicted molar refractivity (Wildman–Crippen MR) is 62.0 cm³/mol. The maximum Gasteiger partial charge on any atom is 0.139 e. The van der Waals surface area contributed by atoms with E-state index in [1.165, 1.54) is 0 Å². The van der Waals surface area contributed by atoms with Gasteiger partial charge in [-0.05, 0) is 12.8 Å². The Kier molecular flexibility index (Phi) is 5.42. The molecule has 3 N–H and O–H groups in total. The van der Waals surface area contributed by atoms with E-state index in [0.29, 0.717) is 23.8 Å². The van der Waals surface area contributed by atoms with E-state index in [0.717, 1.165) is 12.8 Å². The zero-order valence-electron chi connectivity index (χ0n) is 8.77. The standard InChI is InChI=1S/C10H14ClN3O2/c11-8-5-9(7-13-6-8)16-4-2-1-3-10(12)14-15/h5-7,15H,1-4H2,(H2,12,14). The van der Waals surface area contributed by atoms with Gasteiger partial charge < -0.3 is 15.7 Å². The molecule has 1 aromatic heterocycles. The SMILES string of the molecule is NC(CCCCOc1cncc(Cl)c1)=NO. The van der Waals surface area contributed by atoms with Crippen molar-refractivity contribution in [2.24, 2.45) is 10.9 Å². The molecular weight excluding hydrogens is 230 g/mol. The van der Waals surface area contributed by atoms with Crippen LogP contribution in [0.5, 0.6) is 5.75 Å². The number of halogens is 1. The van der Waals surface area contributed by atoms with Gasteiger partial charge in [-0.15, -0.1) is 0 Å². The lowest BCUT2D eigenvalue weighted by atomic mass is 10.2. The van der Waals surface area contributed by atoms with E-state index < -0.39 is 0 Å². The lowest BCUT2D eigenvalue weighted by Crippen LogP contribution is -2.11. The molecule has 0 fully saturated rings. The van der Waals surface area contributed by atoms with Crippen molar-refractivity contribution in [2.75, 3.05) is 6.61 Å². The Labute approximate surface area is 98.9 Å². The average Bonchev–Trinajstić information content (AvgIpc) is 2.28. The van der Waals surface area contributed by atoms with Gasteiger partial charge in [-0.25, -0.2) is 0 Å². The summed E-state index contributed by atoms with van der Waals surface area (Å²) >= 11 is 5.74. The second-order valence-corrected chi connectivity index (χ2v) is 3.67. The van der Waals surface area contributed by atoms with Gasteiger partial charge in [0.05, 0.1) is 17.8 Å². The van der Waals surface area contributed by atoms with Crippen molar-refractivity contribution in [3.63, 3.8) is 0 Å². The summed E-state index contributed by atoms with van der Waals surface area (Å²) in [7, 11) is 0. The molecule has 16 heavy (non-hydrogen) atoms. The zero-order chi connectivity index (χ0) is 11.8. The minimum Gasteiger partial charge on any atom is -0.492 e. The minimum absolute atomic E-state index is 0.240. The summed E-state index contributed by atoms with van der Waals surface area (Å²) in [4.78, 5) is 3.90. The first kappa shape index (κ1) is 12.6. The summed E-state index contributed by atoms with van der Waals surface area (Å²) < 4.78 is 5.41. The molecule has 0 saturated carbocycles. The highest BCUT2D eigenvalue weighted by atomic mass is 35.5. The molecule has 5 nitrogen and oxygen atoms in total. The summed E-state index contributed by atoms with van der Waals surface area (Å²) in [6, 6.07) is 1.71. The summed E-state index contributed by atoms with van der Waals surface area (Å²) in [6.45, 7) is 0.556. The van der Waals surface area contributed by atoms with Crippen molar-refractivity contribution in [3.05, 3.63) is 23.5 Å². The number of nitrogens with zero attached hydrogens (tertiary/aromatic N) is 2. The Bertz CT molecular complexity index is 358. The molecule has 6 heteroatoms. The van der Waals surface area contributed by atoms with Crippen LogP contribution in [0.25, 0.3) is 0 Å². The van der Waals surface area contributed by atoms with Crippen molar-refractivity contribution in [1.82, 2.24) is 4.98 Å². The molecule has 0 atom stereocenters. The zero-order valence-corrected chi connectivity index (χ0v) is 9.52. The maximum absolute atomic E-state index is 8.31. The van der Waals surface area contributed by atoms with Crippen LogP contribution < -0.4 is 10.5 Å². The maximum atomic E-state index is 8.31. The van der Waals surface area contributed by atoms with Gasteiger partial charge in [-0.3, -0.25) is 4.98 Å². The van der Waals surface area contributed by atoms with Gasteiger partial charge in [0.2, 0.25) is 0 Å². The van der Waals surface area contributed by atoms with Crippen LogP contribution in [0.2, 0.25) is 5.02 Å². The number of unbranched alkanes of at least 4 members (excludes halogenated alkanes) is 1. The molecule has 1 aromatic rings. The quantitative estimate of drug-likeness (QED) is 0.263. The van der Waals surface area contributed by atoms with Gasteiger partial charge in [0.1, 0.15) is 11.6 Å². The highest BCUT2D eigenvalue weighted by molar-refractivity contribution is 6.30. The number of pyridine rings is 1. The molecule has 0 aromatic carbocycles.